The number of hydrogen-bond donors (Lipinski definition) is 3. The van der Waals surface area contributed by atoms with Crippen LogP contribution in [0.1, 0.15) is 11.8 Å². The zero-order valence-corrected chi connectivity index (χ0v) is 22.3. The van der Waals surface area contributed by atoms with Gasteiger partial charge >= 0.3 is 5.69 Å². The van der Waals surface area contributed by atoms with Gasteiger partial charge in [0.05, 0.1) is 13.2 Å². The predicted octanol–water partition coefficient (Wildman–Crippen LogP) is 4.89. The number of aliphatic hydroxyl groups excluding tert-OH is 2. The third-order valence-electron chi connectivity index (χ3n) is 9.14. The van der Waals surface area contributed by atoms with Crippen LogP contribution in [0.25, 0.3) is 64.6 Å². The van der Waals surface area contributed by atoms with Crippen LogP contribution in [0.15, 0.2) is 83.8 Å². The minimum absolute atomic E-state index is 0.0859. The number of nitrogen functional groups attached to an aromatic ring is 1. The average molecular weight is 556 g/mol. The summed E-state index contributed by atoms with van der Waals surface area (Å²) in [7, 11) is 0. The van der Waals surface area contributed by atoms with E-state index in [9.17, 15) is 15.0 Å². The fourth-order valence-corrected chi connectivity index (χ4v) is 7.26. The molecule has 0 bridgehead atoms. The monoisotopic (exact) mass is 555 g/mol. The summed E-state index contributed by atoms with van der Waals surface area (Å²) in [6.45, 7) is -0.259. The van der Waals surface area contributed by atoms with Gasteiger partial charge < -0.3 is 25.4 Å². The van der Waals surface area contributed by atoms with Crippen LogP contribution in [0.2, 0.25) is 0 Å². The van der Waals surface area contributed by atoms with Gasteiger partial charge in [0.2, 0.25) is 0 Å². The largest absolute Gasteiger partial charge is 0.394 e. The van der Waals surface area contributed by atoms with E-state index in [1.807, 2.05) is 0 Å². The molecular formula is C34H25N3O5. The molecule has 2 heterocycles. The van der Waals surface area contributed by atoms with Crippen LogP contribution in [0.5, 0.6) is 0 Å². The number of ether oxygens (including phenoxy) is 2. The number of rotatable bonds is 5. The fourth-order valence-electron chi connectivity index (χ4n) is 7.26. The van der Waals surface area contributed by atoms with Crippen molar-refractivity contribution >= 4 is 70.5 Å². The molecule has 4 unspecified atom stereocenters. The highest BCUT2D eigenvalue weighted by Crippen LogP contribution is 2.49. The lowest BCUT2D eigenvalue weighted by atomic mass is 9.82. The van der Waals surface area contributed by atoms with Gasteiger partial charge in [-0.3, -0.25) is 4.57 Å². The summed E-state index contributed by atoms with van der Waals surface area (Å²) >= 11 is 0. The minimum Gasteiger partial charge on any atom is -0.394 e. The van der Waals surface area contributed by atoms with E-state index in [4.69, 9.17) is 15.2 Å². The topological polar surface area (TPSA) is 120 Å². The molecule has 8 heteroatoms. The summed E-state index contributed by atoms with van der Waals surface area (Å²) in [5, 5.41) is 35.5. The standard InChI is InChI=1S/C34H25N3O5/c35-24-11-12-37(34(40)36-24)33-32(31(39)23(14-38)42-33)41-15-21-13-20-8-7-18-4-2-16-1-3-17-5-6-19-9-10-22(21)30-28(19)26(17)25(16)27(18)29(20)30/h1-13,23,31-33,38-39H,14-15H2,(H2,35,36,40). The summed E-state index contributed by atoms with van der Waals surface area (Å²) in [6, 6.07) is 25.5. The van der Waals surface area contributed by atoms with Crippen LogP contribution >= 0.6 is 0 Å². The Balaban J connectivity index is 1.24. The quantitative estimate of drug-likeness (QED) is 0.204. The minimum atomic E-state index is -1.15. The van der Waals surface area contributed by atoms with Gasteiger partial charge in [0.15, 0.2) is 6.23 Å². The Morgan fingerprint density at radius 3 is 1.95 bits per heavy atom. The maximum Gasteiger partial charge on any atom is 0.351 e. The summed E-state index contributed by atoms with van der Waals surface area (Å²) in [4.78, 5) is 16.4. The molecule has 1 fully saturated rings. The molecule has 1 aromatic heterocycles. The Hall–Kier alpha value is -4.60. The highest BCUT2D eigenvalue weighted by atomic mass is 16.6. The van der Waals surface area contributed by atoms with Crippen molar-refractivity contribution in [3.63, 3.8) is 0 Å². The molecule has 4 N–H and O–H groups in total. The zero-order chi connectivity index (χ0) is 28.3. The molecule has 1 aliphatic rings. The first kappa shape index (κ1) is 24.0. The number of hydrogen-bond acceptors (Lipinski definition) is 7. The van der Waals surface area contributed by atoms with Crippen molar-refractivity contribution in [3.8, 4) is 0 Å². The number of anilines is 1. The molecule has 0 amide bonds. The maximum atomic E-state index is 12.6. The molecule has 8 aromatic rings. The lowest BCUT2D eigenvalue weighted by molar-refractivity contribution is -0.0794. The van der Waals surface area contributed by atoms with Crippen LogP contribution in [0.3, 0.4) is 0 Å². The Morgan fingerprint density at radius 1 is 0.810 bits per heavy atom. The Bertz CT molecular complexity index is 2310. The van der Waals surface area contributed by atoms with E-state index in [0.717, 1.165) is 16.3 Å². The van der Waals surface area contributed by atoms with E-state index in [-0.39, 0.29) is 12.4 Å². The number of nitrogens with zero attached hydrogens (tertiary/aromatic N) is 2. The highest BCUT2D eigenvalue weighted by Gasteiger charge is 2.45. The van der Waals surface area contributed by atoms with Gasteiger partial charge in [-0.05, 0) is 82.3 Å². The first-order valence-electron chi connectivity index (χ1n) is 14.0. The molecule has 0 saturated carbocycles. The summed E-state index contributed by atoms with van der Waals surface area (Å²) in [5.41, 5.74) is 6.02. The van der Waals surface area contributed by atoms with Crippen molar-refractivity contribution in [3.05, 3.63) is 95.0 Å². The number of benzene rings is 7. The zero-order valence-electron chi connectivity index (χ0n) is 22.3. The second-order valence-electron chi connectivity index (χ2n) is 11.3. The van der Waals surface area contributed by atoms with E-state index in [2.05, 4.69) is 71.7 Å². The Kier molecular flexibility index (Phi) is 4.85. The van der Waals surface area contributed by atoms with Gasteiger partial charge in [0.25, 0.3) is 0 Å². The lowest BCUT2D eigenvalue weighted by Crippen LogP contribution is -2.38. The van der Waals surface area contributed by atoms with Gasteiger partial charge in [0.1, 0.15) is 24.1 Å². The summed E-state index contributed by atoms with van der Waals surface area (Å²) in [6.07, 6.45) is -2.50. The van der Waals surface area contributed by atoms with Gasteiger partial charge in [-0.15, -0.1) is 0 Å². The lowest BCUT2D eigenvalue weighted by Gasteiger charge is -2.24. The summed E-state index contributed by atoms with van der Waals surface area (Å²) in [5.74, 6) is 0.0859. The van der Waals surface area contributed by atoms with E-state index in [1.54, 1.807) is 0 Å². The molecule has 206 valence electrons. The van der Waals surface area contributed by atoms with Crippen molar-refractivity contribution in [1.29, 1.82) is 0 Å². The molecular weight excluding hydrogens is 530 g/mol. The third kappa shape index (κ3) is 3.09. The Labute approximate surface area is 238 Å². The predicted molar refractivity (Wildman–Crippen MR) is 164 cm³/mol. The first-order chi connectivity index (χ1) is 20.5. The molecule has 0 spiro atoms. The van der Waals surface area contributed by atoms with E-state index < -0.39 is 36.8 Å². The second-order valence-corrected chi connectivity index (χ2v) is 11.3. The van der Waals surface area contributed by atoms with Crippen molar-refractivity contribution in [2.45, 2.75) is 31.1 Å². The van der Waals surface area contributed by atoms with Gasteiger partial charge in [-0.1, -0.05) is 60.7 Å². The number of aromatic nitrogens is 2. The van der Waals surface area contributed by atoms with Crippen molar-refractivity contribution in [2.75, 3.05) is 12.3 Å². The van der Waals surface area contributed by atoms with Crippen molar-refractivity contribution in [1.82, 2.24) is 9.55 Å². The van der Waals surface area contributed by atoms with Gasteiger partial charge in [0, 0.05) is 6.20 Å². The molecule has 7 aromatic carbocycles. The van der Waals surface area contributed by atoms with Crippen molar-refractivity contribution < 1.29 is 19.7 Å². The molecule has 1 aliphatic heterocycles. The first-order valence-corrected chi connectivity index (χ1v) is 14.0. The molecule has 4 atom stereocenters. The smallest absolute Gasteiger partial charge is 0.351 e. The second kappa shape index (κ2) is 8.47. The Morgan fingerprint density at radius 2 is 1.36 bits per heavy atom. The van der Waals surface area contributed by atoms with Crippen LogP contribution in [-0.4, -0.2) is 44.7 Å². The molecule has 8 nitrogen and oxygen atoms in total. The van der Waals surface area contributed by atoms with Crippen LogP contribution in [-0.2, 0) is 16.1 Å². The number of aliphatic hydroxyl groups is 2. The normalized spacial score (nSPS) is 21.5. The number of nitrogens with two attached hydrogens (primary N) is 1. The van der Waals surface area contributed by atoms with E-state index >= 15 is 0 Å². The van der Waals surface area contributed by atoms with E-state index in [0.29, 0.717) is 0 Å². The SMILES string of the molecule is Nc1ccn(C2OC(CO)C(O)C2OCc2cc3ccc4ccc5ccc6ccc7ccc2c2c7c6c5c4c32)c(=O)n1. The molecule has 0 radical (unpaired) electrons. The molecule has 42 heavy (non-hydrogen) atoms. The highest BCUT2D eigenvalue weighted by molar-refractivity contribution is 6.44. The average Bonchev–Trinajstić information content (AvgIpc) is 3.32. The van der Waals surface area contributed by atoms with Gasteiger partial charge in [-0.25, -0.2) is 4.79 Å². The molecule has 0 aliphatic carbocycles. The molecule has 9 rings (SSSR count). The summed E-state index contributed by atoms with van der Waals surface area (Å²) < 4.78 is 13.5. The molecule has 1 saturated heterocycles. The van der Waals surface area contributed by atoms with Crippen LogP contribution in [0.4, 0.5) is 5.82 Å². The third-order valence-corrected chi connectivity index (χ3v) is 9.14. The fraction of sp³-hybridized carbons (Fsp3) is 0.176. The van der Waals surface area contributed by atoms with E-state index in [1.165, 1.54) is 70.7 Å². The maximum absolute atomic E-state index is 12.6. The van der Waals surface area contributed by atoms with Gasteiger partial charge in [-0.2, -0.15) is 4.98 Å². The van der Waals surface area contributed by atoms with Crippen LogP contribution in [0, 0.1) is 0 Å². The van der Waals surface area contributed by atoms with Crippen molar-refractivity contribution in [2.24, 2.45) is 0 Å². The van der Waals surface area contributed by atoms with Crippen LogP contribution < -0.4 is 11.4 Å².